The number of benzene rings is 2. The molecule has 0 radical (unpaired) electrons. The highest BCUT2D eigenvalue weighted by Crippen LogP contribution is 2.28. The first-order valence-corrected chi connectivity index (χ1v) is 6.85. The molecule has 4 heteroatoms. The highest BCUT2D eigenvalue weighted by atomic mass is 35.5. The van der Waals surface area contributed by atoms with E-state index in [9.17, 15) is 0 Å². The van der Waals surface area contributed by atoms with Crippen LogP contribution in [0.5, 0.6) is 0 Å². The van der Waals surface area contributed by atoms with Crippen molar-refractivity contribution in [3.05, 3.63) is 52.3 Å². The van der Waals surface area contributed by atoms with Gasteiger partial charge in [0.1, 0.15) is 6.33 Å². The van der Waals surface area contributed by atoms with Crippen molar-refractivity contribution in [3.63, 3.8) is 0 Å². The minimum absolute atomic E-state index is 0.566. The normalized spacial score (nSPS) is 11.2. The second-order valence-corrected chi connectivity index (χ2v) is 5.61. The van der Waals surface area contributed by atoms with Gasteiger partial charge in [0, 0.05) is 0 Å². The van der Waals surface area contributed by atoms with Gasteiger partial charge in [-0.05, 0) is 61.7 Å². The molecule has 1 heterocycles. The molecule has 0 aliphatic rings. The molecule has 0 aliphatic carbocycles. The number of nitrogens with two attached hydrogens (primary N) is 1. The molecule has 0 spiro atoms. The largest absolute Gasteiger partial charge is 0.398 e. The van der Waals surface area contributed by atoms with Gasteiger partial charge in [0.25, 0.3) is 0 Å². The van der Waals surface area contributed by atoms with Gasteiger partial charge >= 0.3 is 0 Å². The third kappa shape index (κ3) is 1.95. The smallest absolute Gasteiger partial charge is 0.100 e. The fourth-order valence-corrected chi connectivity index (χ4v) is 2.57. The Balaban J connectivity index is 2.30. The molecule has 0 bridgehead atoms. The number of nitrogens with zero attached hydrogens (tertiary/aromatic N) is 2. The zero-order valence-corrected chi connectivity index (χ0v) is 12.5. The summed E-state index contributed by atoms with van der Waals surface area (Å²) in [5.41, 5.74) is 13.1. The Labute approximate surface area is 123 Å². The molecule has 3 aromatic rings. The van der Waals surface area contributed by atoms with Crippen LogP contribution in [0.15, 0.2) is 30.6 Å². The van der Waals surface area contributed by atoms with Gasteiger partial charge in [-0.1, -0.05) is 11.6 Å². The standard InChI is InChI=1S/C16H16ClN3/c1-9-5-14-16(6-10(9)2)20(8-19-14)15-7-12(17)13(18)4-11(15)3/h4-8H,18H2,1-3H3. The average Bonchev–Trinajstić information content (AvgIpc) is 2.77. The summed E-state index contributed by atoms with van der Waals surface area (Å²) < 4.78 is 2.06. The van der Waals surface area contributed by atoms with Crippen LogP contribution in [-0.2, 0) is 0 Å². The van der Waals surface area contributed by atoms with Gasteiger partial charge in [0.15, 0.2) is 0 Å². The predicted molar refractivity (Wildman–Crippen MR) is 84.7 cm³/mol. The van der Waals surface area contributed by atoms with Crippen LogP contribution in [0.3, 0.4) is 0 Å². The van der Waals surface area contributed by atoms with Crippen molar-refractivity contribution in [1.82, 2.24) is 9.55 Å². The van der Waals surface area contributed by atoms with Gasteiger partial charge in [-0.2, -0.15) is 0 Å². The Morgan fingerprint density at radius 2 is 1.70 bits per heavy atom. The number of anilines is 1. The highest BCUT2D eigenvalue weighted by Gasteiger charge is 2.10. The molecule has 0 amide bonds. The van der Waals surface area contributed by atoms with Crippen LogP contribution in [0, 0.1) is 20.8 Å². The molecule has 20 heavy (non-hydrogen) atoms. The molecule has 2 N–H and O–H groups in total. The Bertz CT molecular complexity index is 818. The summed E-state index contributed by atoms with van der Waals surface area (Å²) in [6.07, 6.45) is 1.83. The van der Waals surface area contributed by atoms with E-state index in [0.717, 1.165) is 22.3 Å². The van der Waals surface area contributed by atoms with Gasteiger partial charge in [-0.15, -0.1) is 0 Å². The summed E-state index contributed by atoms with van der Waals surface area (Å²) in [4.78, 5) is 4.48. The summed E-state index contributed by atoms with van der Waals surface area (Å²) in [7, 11) is 0. The topological polar surface area (TPSA) is 43.8 Å². The number of fused-ring (bicyclic) bond motifs is 1. The van der Waals surface area contributed by atoms with E-state index in [2.05, 4.69) is 35.5 Å². The number of hydrogen-bond donors (Lipinski definition) is 1. The maximum Gasteiger partial charge on any atom is 0.100 e. The third-order valence-corrected chi connectivity index (χ3v) is 4.06. The Morgan fingerprint density at radius 1 is 1.00 bits per heavy atom. The van der Waals surface area contributed by atoms with Gasteiger partial charge in [0.05, 0.1) is 27.4 Å². The number of hydrogen-bond acceptors (Lipinski definition) is 2. The molecule has 0 unspecified atom stereocenters. The lowest BCUT2D eigenvalue weighted by Gasteiger charge is -2.11. The number of imidazole rings is 1. The van der Waals surface area contributed by atoms with Crippen LogP contribution >= 0.6 is 11.6 Å². The first kappa shape index (κ1) is 13.0. The summed E-state index contributed by atoms with van der Waals surface area (Å²) >= 11 is 6.15. The first-order chi connectivity index (χ1) is 9.47. The molecule has 0 saturated carbocycles. The van der Waals surface area contributed by atoms with E-state index < -0.39 is 0 Å². The predicted octanol–water partition coefficient (Wildman–Crippen LogP) is 4.19. The maximum absolute atomic E-state index is 6.15. The van der Waals surface area contributed by atoms with Crippen molar-refractivity contribution in [1.29, 1.82) is 0 Å². The second-order valence-electron chi connectivity index (χ2n) is 5.20. The third-order valence-electron chi connectivity index (χ3n) is 3.74. The SMILES string of the molecule is Cc1cc2ncn(-c3cc(Cl)c(N)cc3C)c2cc1C. The van der Waals surface area contributed by atoms with E-state index in [-0.39, 0.29) is 0 Å². The molecular formula is C16H16ClN3. The van der Waals surface area contributed by atoms with E-state index in [4.69, 9.17) is 17.3 Å². The number of halogens is 1. The van der Waals surface area contributed by atoms with E-state index in [1.54, 1.807) is 0 Å². The minimum Gasteiger partial charge on any atom is -0.398 e. The average molecular weight is 286 g/mol. The summed E-state index contributed by atoms with van der Waals surface area (Å²) in [6, 6.07) is 8.05. The zero-order valence-electron chi connectivity index (χ0n) is 11.7. The molecule has 102 valence electrons. The van der Waals surface area contributed by atoms with Crippen molar-refractivity contribution in [3.8, 4) is 5.69 Å². The molecule has 3 rings (SSSR count). The Morgan fingerprint density at radius 3 is 2.45 bits per heavy atom. The van der Waals surface area contributed by atoms with Crippen LogP contribution in [0.25, 0.3) is 16.7 Å². The molecular weight excluding hydrogens is 270 g/mol. The van der Waals surface area contributed by atoms with Crippen molar-refractivity contribution in [2.24, 2.45) is 0 Å². The minimum atomic E-state index is 0.566. The Hall–Kier alpha value is -2.00. The first-order valence-electron chi connectivity index (χ1n) is 6.47. The van der Waals surface area contributed by atoms with Crippen LogP contribution < -0.4 is 5.73 Å². The van der Waals surface area contributed by atoms with Gasteiger partial charge < -0.3 is 5.73 Å². The number of aryl methyl sites for hydroxylation is 3. The number of rotatable bonds is 1. The van der Waals surface area contributed by atoms with Crippen molar-refractivity contribution in [2.45, 2.75) is 20.8 Å². The Kier molecular flexibility index (Phi) is 2.94. The van der Waals surface area contributed by atoms with Gasteiger partial charge in [0.2, 0.25) is 0 Å². The van der Waals surface area contributed by atoms with Crippen molar-refractivity contribution < 1.29 is 0 Å². The summed E-state index contributed by atoms with van der Waals surface area (Å²) in [5, 5.41) is 0.566. The molecule has 0 fully saturated rings. The fraction of sp³-hybridized carbons (Fsp3) is 0.188. The second kappa shape index (κ2) is 4.53. The lowest BCUT2D eigenvalue weighted by atomic mass is 10.1. The fourth-order valence-electron chi connectivity index (χ4n) is 2.41. The van der Waals surface area contributed by atoms with E-state index in [0.29, 0.717) is 10.7 Å². The van der Waals surface area contributed by atoms with Gasteiger partial charge in [-0.3, -0.25) is 4.57 Å². The van der Waals surface area contributed by atoms with Crippen molar-refractivity contribution >= 4 is 28.3 Å². The highest BCUT2D eigenvalue weighted by molar-refractivity contribution is 6.33. The zero-order chi connectivity index (χ0) is 14.4. The number of nitrogen functional groups attached to an aromatic ring is 1. The monoisotopic (exact) mass is 285 g/mol. The molecule has 0 aliphatic heterocycles. The number of aromatic nitrogens is 2. The molecule has 0 atom stereocenters. The lowest BCUT2D eigenvalue weighted by molar-refractivity contribution is 1.07. The summed E-state index contributed by atoms with van der Waals surface area (Å²) in [5.74, 6) is 0. The van der Waals surface area contributed by atoms with Gasteiger partial charge in [-0.25, -0.2) is 4.98 Å². The van der Waals surface area contributed by atoms with Crippen LogP contribution in [0.1, 0.15) is 16.7 Å². The molecule has 1 aromatic heterocycles. The van der Waals surface area contributed by atoms with Crippen LogP contribution in [-0.4, -0.2) is 9.55 Å². The molecule has 0 saturated heterocycles. The molecule has 2 aromatic carbocycles. The van der Waals surface area contributed by atoms with Crippen LogP contribution in [0.2, 0.25) is 5.02 Å². The molecule has 3 nitrogen and oxygen atoms in total. The van der Waals surface area contributed by atoms with E-state index in [1.807, 2.05) is 25.4 Å². The quantitative estimate of drug-likeness (QED) is 0.682. The van der Waals surface area contributed by atoms with E-state index >= 15 is 0 Å². The summed E-state index contributed by atoms with van der Waals surface area (Å²) in [6.45, 7) is 6.23. The van der Waals surface area contributed by atoms with E-state index in [1.165, 1.54) is 11.1 Å². The lowest BCUT2D eigenvalue weighted by Crippen LogP contribution is -1.98. The van der Waals surface area contributed by atoms with Crippen LogP contribution in [0.4, 0.5) is 5.69 Å². The van der Waals surface area contributed by atoms with Crippen molar-refractivity contribution in [2.75, 3.05) is 5.73 Å². The maximum atomic E-state index is 6.15.